The van der Waals surface area contributed by atoms with Gasteiger partial charge in [0.05, 0.1) is 34.7 Å². The van der Waals surface area contributed by atoms with Gasteiger partial charge >= 0.3 is 0 Å². The Morgan fingerprint density at radius 3 is 2.65 bits per heavy atom. The van der Waals surface area contributed by atoms with Crippen LogP contribution in [0.25, 0.3) is 10.9 Å². The first kappa shape index (κ1) is 21.5. The standard InChI is InChI=1S/C23H29N3O4S/c1-4-30-22-8-6-18(14-21(22)25-16-9-11-26(2)12-10-16)31(27,28)23-15-24-20-13-17(29-3)5-7-19(20)23/h5-8,13-16,24-25H,4,9-12H2,1-3H3. The van der Waals surface area contributed by atoms with Crippen molar-refractivity contribution >= 4 is 26.4 Å². The molecule has 1 aliphatic rings. The highest BCUT2D eigenvalue weighted by molar-refractivity contribution is 7.91. The molecule has 2 aromatic carbocycles. The van der Waals surface area contributed by atoms with Crippen LogP contribution in [0.5, 0.6) is 11.5 Å². The summed E-state index contributed by atoms with van der Waals surface area (Å²) in [5.41, 5.74) is 1.44. The lowest BCUT2D eigenvalue weighted by Gasteiger charge is -2.30. The predicted octanol–water partition coefficient (Wildman–Crippen LogP) is 3.91. The van der Waals surface area contributed by atoms with E-state index in [2.05, 4.69) is 22.2 Å². The minimum Gasteiger partial charge on any atom is -0.497 e. The van der Waals surface area contributed by atoms with E-state index in [-0.39, 0.29) is 15.8 Å². The predicted molar refractivity (Wildman–Crippen MR) is 122 cm³/mol. The van der Waals surface area contributed by atoms with Crippen molar-refractivity contribution in [1.82, 2.24) is 9.88 Å². The van der Waals surface area contributed by atoms with E-state index in [9.17, 15) is 8.42 Å². The third-order valence-electron chi connectivity index (χ3n) is 5.78. The number of H-pyrrole nitrogens is 1. The number of methoxy groups -OCH3 is 1. The quantitative estimate of drug-likeness (QED) is 0.576. The first-order valence-corrected chi connectivity index (χ1v) is 12.0. The molecule has 0 bridgehead atoms. The fourth-order valence-electron chi connectivity index (χ4n) is 4.00. The minimum absolute atomic E-state index is 0.239. The molecule has 1 saturated heterocycles. The topological polar surface area (TPSA) is 83.7 Å². The molecule has 0 atom stereocenters. The molecule has 0 spiro atoms. The van der Waals surface area contributed by atoms with Crippen molar-refractivity contribution in [2.75, 3.05) is 39.2 Å². The van der Waals surface area contributed by atoms with Gasteiger partial charge in [0.25, 0.3) is 0 Å². The second kappa shape index (κ2) is 8.80. The first-order valence-electron chi connectivity index (χ1n) is 10.5. The number of aromatic amines is 1. The number of ether oxygens (including phenoxy) is 2. The third-order valence-corrected chi connectivity index (χ3v) is 7.57. The van der Waals surface area contributed by atoms with Crippen molar-refractivity contribution in [1.29, 1.82) is 0 Å². The SMILES string of the molecule is CCOc1ccc(S(=O)(=O)c2c[nH]c3cc(OC)ccc23)cc1NC1CCN(C)CC1. The van der Waals surface area contributed by atoms with E-state index in [0.29, 0.717) is 29.0 Å². The summed E-state index contributed by atoms with van der Waals surface area (Å²) in [6.45, 7) is 4.46. The van der Waals surface area contributed by atoms with Crippen LogP contribution in [0.3, 0.4) is 0 Å². The molecule has 4 rings (SSSR count). The monoisotopic (exact) mass is 443 g/mol. The van der Waals surface area contributed by atoms with Gasteiger partial charge in [0.2, 0.25) is 9.84 Å². The van der Waals surface area contributed by atoms with E-state index in [1.807, 2.05) is 6.92 Å². The highest BCUT2D eigenvalue weighted by atomic mass is 32.2. The maximum atomic E-state index is 13.5. The number of hydrogen-bond donors (Lipinski definition) is 2. The zero-order valence-corrected chi connectivity index (χ0v) is 19.0. The minimum atomic E-state index is -3.72. The van der Waals surface area contributed by atoms with Gasteiger partial charge in [-0.1, -0.05) is 0 Å². The van der Waals surface area contributed by atoms with Gasteiger partial charge in [-0.05, 0) is 70.2 Å². The van der Waals surface area contributed by atoms with Crippen LogP contribution in [0.2, 0.25) is 0 Å². The summed E-state index contributed by atoms with van der Waals surface area (Å²) in [6, 6.07) is 10.7. The lowest BCUT2D eigenvalue weighted by molar-refractivity contribution is 0.263. The Hall–Kier alpha value is -2.71. The summed E-state index contributed by atoms with van der Waals surface area (Å²) in [5, 5.41) is 4.16. The maximum Gasteiger partial charge on any atom is 0.208 e. The van der Waals surface area contributed by atoms with Gasteiger partial charge in [-0.2, -0.15) is 0 Å². The number of nitrogens with one attached hydrogen (secondary N) is 2. The van der Waals surface area contributed by atoms with Gasteiger partial charge in [-0.25, -0.2) is 8.42 Å². The van der Waals surface area contributed by atoms with Crippen molar-refractivity contribution < 1.29 is 17.9 Å². The van der Waals surface area contributed by atoms with Crippen LogP contribution in [0.1, 0.15) is 19.8 Å². The molecule has 1 fully saturated rings. The lowest BCUT2D eigenvalue weighted by atomic mass is 10.1. The van der Waals surface area contributed by atoms with Crippen molar-refractivity contribution in [2.45, 2.75) is 35.6 Å². The van der Waals surface area contributed by atoms with Gasteiger partial charge in [0.1, 0.15) is 11.5 Å². The summed E-state index contributed by atoms with van der Waals surface area (Å²) in [5.74, 6) is 1.34. The van der Waals surface area contributed by atoms with E-state index < -0.39 is 9.84 Å². The number of sulfone groups is 1. The van der Waals surface area contributed by atoms with Crippen LogP contribution in [-0.2, 0) is 9.84 Å². The van der Waals surface area contributed by atoms with Crippen LogP contribution in [0.4, 0.5) is 5.69 Å². The van der Waals surface area contributed by atoms with Crippen molar-refractivity contribution in [3.63, 3.8) is 0 Å². The second-order valence-electron chi connectivity index (χ2n) is 7.88. The van der Waals surface area contributed by atoms with Crippen molar-refractivity contribution in [3.8, 4) is 11.5 Å². The number of nitrogens with zero attached hydrogens (tertiary/aromatic N) is 1. The Kier molecular flexibility index (Phi) is 6.11. The molecule has 0 amide bonds. The fraction of sp³-hybridized carbons (Fsp3) is 0.391. The largest absolute Gasteiger partial charge is 0.497 e. The zero-order valence-electron chi connectivity index (χ0n) is 18.1. The number of rotatable bonds is 7. The number of fused-ring (bicyclic) bond motifs is 1. The highest BCUT2D eigenvalue weighted by Crippen LogP contribution is 2.35. The smallest absolute Gasteiger partial charge is 0.208 e. The van der Waals surface area contributed by atoms with Gasteiger partial charge in [-0.15, -0.1) is 0 Å². The van der Waals surface area contributed by atoms with E-state index >= 15 is 0 Å². The van der Waals surface area contributed by atoms with Gasteiger partial charge in [-0.3, -0.25) is 0 Å². The average molecular weight is 444 g/mol. The molecule has 8 heteroatoms. The molecule has 0 radical (unpaired) electrons. The highest BCUT2D eigenvalue weighted by Gasteiger charge is 2.24. The molecule has 0 saturated carbocycles. The van der Waals surface area contributed by atoms with Gasteiger partial charge in [0.15, 0.2) is 0 Å². The Bertz CT molecular complexity index is 1160. The molecule has 0 aliphatic carbocycles. The molecule has 0 unspecified atom stereocenters. The number of likely N-dealkylation sites (tertiary alicyclic amines) is 1. The van der Waals surface area contributed by atoms with Gasteiger partial charge in [0, 0.05) is 23.7 Å². The summed E-state index contributed by atoms with van der Waals surface area (Å²) >= 11 is 0. The number of aromatic nitrogens is 1. The van der Waals surface area contributed by atoms with Crippen LogP contribution < -0.4 is 14.8 Å². The lowest BCUT2D eigenvalue weighted by Crippen LogP contribution is -2.36. The molecule has 2 heterocycles. The molecule has 1 aliphatic heterocycles. The van der Waals surface area contributed by atoms with E-state index in [1.165, 1.54) is 0 Å². The molecule has 1 aromatic heterocycles. The Balaban J connectivity index is 1.70. The molecule has 7 nitrogen and oxygen atoms in total. The van der Waals surface area contributed by atoms with E-state index in [1.54, 1.807) is 49.7 Å². The second-order valence-corrected chi connectivity index (χ2v) is 9.80. The molecule has 166 valence electrons. The van der Waals surface area contributed by atoms with Crippen LogP contribution in [-0.4, -0.2) is 58.2 Å². The average Bonchev–Trinajstić information content (AvgIpc) is 3.20. The summed E-state index contributed by atoms with van der Waals surface area (Å²) in [7, 11) is -0.0207. The molecule has 2 N–H and O–H groups in total. The summed E-state index contributed by atoms with van der Waals surface area (Å²) < 4.78 is 38.0. The van der Waals surface area contributed by atoms with Crippen LogP contribution in [0, 0.1) is 0 Å². The maximum absolute atomic E-state index is 13.5. The normalized spacial score (nSPS) is 15.8. The van der Waals surface area contributed by atoms with Crippen LogP contribution in [0.15, 0.2) is 52.4 Å². The van der Waals surface area contributed by atoms with Crippen molar-refractivity contribution in [3.05, 3.63) is 42.6 Å². The first-order chi connectivity index (χ1) is 14.9. The molecular weight excluding hydrogens is 414 g/mol. The zero-order chi connectivity index (χ0) is 22.0. The Morgan fingerprint density at radius 2 is 1.94 bits per heavy atom. The number of piperidine rings is 1. The Labute approximate surface area is 183 Å². The third kappa shape index (κ3) is 4.36. The van der Waals surface area contributed by atoms with Crippen molar-refractivity contribution in [2.24, 2.45) is 0 Å². The van der Waals surface area contributed by atoms with E-state index in [0.717, 1.165) is 31.6 Å². The number of benzene rings is 2. The number of hydrogen-bond acceptors (Lipinski definition) is 6. The fourth-order valence-corrected chi connectivity index (χ4v) is 5.45. The van der Waals surface area contributed by atoms with Gasteiger partial charge < -0.3 is 24.7 Å². The molecular formula is C23H29N3O4S. The summed E-state index contributed by atoms with van der Waals surface area (Å²) in [4.78, 5) is 5.84. The van der Waals surface area contributed by atoms with Crippen LogP contribution >= 0.6 is 0 Å². The summed E-state index contributed by atoms with van der Waals surface area (Å²) in [6.07, 6.45) is 3.55. The Morgan fingerprint density at radius 1 is 1.16 bits per heavy atom. The molecule has 3 aromatic rings. The van der Waals surface area contributed by atoms with E-state index in [4.69, 9.17) is 9.47 Å². The molecule has 31 heavy (non-hydrogen) atoms. The number of anilines is 1.